The number of carboxylic acid groups (broad SMARTS) is 1. The van der Waals surface area contributed by atoms with Gasteiger partial charge >= 0.3 is 12.1 Å². The van der Waals surface area contributed by atoms with Gasteiger partial charge in [0.05, 0.1) is 6.42 Å². The molecule has 4 rings (SSSR count). The van der Waals surface area contributed by atoms with Crippen molar-refractivity contribution in [2.75, 3.05) is 11.9 Å². The van der Waals surface area contributed by atoms with Crippen LogP contribution in [0.5, 0.6) is 0 Å². The molecule has 3 N–H and O–H groups in total. The first-order valence-corrected chi connectivity index (χ1v) is 11.6. The van der Waals surface area contributed by atoms with Crippen molar-refractivity contribution >= 4 is 23.7 Å². The van der Waals surface area contributed by atoms with E-state index in [1.165, 1.54) is 0 Å². The zero-order valence-corrected chi connectivity index (χ0v) is 19.7. The summed E-state index contributed by atoms with van der Waals surface area (Å²) < 4.78 is 5.60. The number of hydrogen-bond donors (Lipinski definition) is 3. The second kappa shape index (κ2) is 10.4. The van der Waals surface area contributed by atoms with E-state index in [-0.39, 0.29) is 24.9 Å². The zero-order chi connectivity index (χ0) is 24.9. The number of carbonyl (C=O) groups is 3. The van der Waals surface area contributed by atoms with Crippen LogP contribution in [-0.4, -0.2) is 35.7 Å². The molecular weight excluding hydrogens is 444 g/mol. The molecule has 7 nitrogen and oxygen atoms in total. The number of anilines is 1. The molecule has 180 valence electrons. The predicted molar refractivity (Wildman–Crippen MR) is 134 cm³/mol. The number of rotatable bonds is 8. The highest BCUT2D eigenvalue weighted by molar-refractivity contribution is 5.96. The molecule has 35 heavy (non-hydrogen) atoms. The number of aliphatic carboxylic acids is 1. The first kappa shape index (κ1) is 24.0. The molecule has 1 aliphatic carbocycles. The Bertz CT molecular complexity index is 1220. The summed E-state index contributed by atoms with van der Waals surface area (Å²) in [6.45, 7) is 3.81. The molecule has 0 aromatic heterocycles. The number of carbonyl (C=O) groups excluding carboxylic acids is 2. The van der Waals surface area contributed by atoms with Crippen LogP contribution in [0.25, 0.3) is 11.1 Å². The Balaban J connectivity index is 1.38. The van der Waals surface area contributed by atoms with Crippen molar-refractivity contribution in [3.05, 3.63) is 89.0 Å². The van der Waals surface area contributed by atoms with Crippen LogP contribution < -0.4 is 10.6 Å². The Kier molecular flexibility index (Phi) is 7.15. The van der Waals surface area contributed by atoms with E-state index < -0.39 is 18.1 Å². The van der Waals surface area contributed by atoms with Crippen molar-refractivity contribution in [1.29, 1.82) is 0 Å². The lowest BCUT2D eigenvalue weighted by Crippen LogP contribution is -2.36. The maximum atomic E-state index is 12.6. The SMILES string of the molecule is CC[C@@H](CC(=O)O)NC(=O)c1ccc(NC(=O)OCC2c3ccccc3-c3ccccc32)c(C)c1. The summed E-state index contributed by atoms with van der Waals surface area (Å²) in [7, 11) is 0. The number of hydrogen-bond acceptors (Lipinski definition) is 4. The summed E-state index contributed by atoms with van der Waals surface area (Å²) in [5.41, 5.74) is 6.23. The minimum Gasteiger partial charge on any atom is -0.481 e. The highest BCUT2D eigenvalue weighted by Gasteiger charge is 2.29. The lowest BCUT2D eigenvalue weighted by Gasteiger charge is -2.16. The van der Waals surface area contributed by atoms with Gasteiger partial charge in [0.15, 0.2) is 0 Å². The largest absolute Gasteiger partial charge is 0.481 e. The standard InChI is InChI=1S/C28H28N2O5/c1-3-19(15-26(31)32)29-27(33)18-12-13-25(17(2)14-18)30-28(34)35-16-24-22-10-6-4-8-20(22)21-9-5-7-11-23(21)24/h4-14,19,24H,3,15-16H2,1-2H3,(H,29,33)(H,30,34)(H,31,32)/t19-/m0/s1. The van der Waals surface area contributed by atoms with Crippen molar-refractivity contribution in [2.45, 2.75) is 38.6 Å². The molecule has 2 amide bonds. The molecule has 1 atom stereocenters. The summed E-state index contributed by atoms with van der Waals surface area (Å²) in [4.78, 5) is 36.0. The number of benzene rings is 3. The van der Waals surface area contributed by atoms with Crippen molar-refractivity contribution in [3.8, 4) is 11.1 Å². The number of amides is 2. The first-order chi connectivity index (χ1) is 16.9. The second-order valence-electron chi connectivity index (χ2n) is 8.66. The van der Waals surface area contributed by atoms with Gasteiger partial charge in [0, 0.05) is 23.2 Å². The molecule has 0 saturated carbocycles. The smallest absolute Gasteiger partial charge is 0.411 e. The van der Waals surface area contributed by atoms with Gasteiger partial charge in [-0.3, -0.25) is 14.9 Å². The molecule has 0 bridgehead atoms. The van der Waals surface area contributed by atoms with E-state index in [9.17, 15) is 14.4 Å². The van der Waals surface area contributed by atoms with Gasteiger partial charge in [-0.15, -0.1) is 0 Å². The third-order valence-electron chi connectivity index (χ3n) is 6.32. The predicted octanol–water partition coefficient (Wildman–Crippen LogP) is 5.34. The van der Waals surface area contributed by atoms with Gasteiger partial charge in [-0.1, -0.05) is 55.5 Å². The summed E-state index contributed by atoms with van der Waals surface area (Å²) in [6.07, 6.45) is -0.194. The summed E-state index contributed by atoms with van der Waals surface area (Å²) in [6, 6.07) is 20.7. The lowest BCUT2D eigenvalue weighted by molar-refractivity contribution is -0.137. The lowest BCUT2D eigenvalue weighted by atomic mass is 9.98. The molecule has 7 heteroatoms. The number of carboxylic acids is 1. The Hall–Kier alpha value is -4.13. The molecule has 0 radical (unpaired) electrons. The Morgan fingerprint density at radius 1 is 0.971 bits per heavy atom. The van der Waals surface area contributed by atoms with Crippen LogP contribution in [0.3, 0.4) is 0 Å². The molecule has 3 aromatic rings. The van der Waals surface area contributed by atoms with Crippen LogP contribution in [0.2, 0.25) is 0 Å². The monoisotopic (exact) mass is 472 g/mol. The molecule has 0 fully saturated rings. The third-order valence-corrected chi connectivity index (χ3v) is 6.32. The van der Waals surface area contributed by atoms with E-state index in [0.29, 0.717) is 23.2 Å². The van der Waals surface area contributed by atoms with Crippen molar-refractivity contribution in [3.63, 3.8) is 0 Å². The molecule has 3 aromatic carbocycles. The molecular formula is C28H28N2O5. The van der Waals surface area contributed by atoms with Gasteiger partial charge in [0.2, 0.25) is 0 Å². The van der Waals surface area contributed by atoms with Crippen molar-refractivity contribution < 1.29 is 24.2 Å². The van der Waals surface area contributed by atoms with Gasteiger partial charge in [0.1, 0.15) is 6.61 Å². The Morgan fingerprint density at radius 2 is 1.60 bits per heavy atom. The highest BCUT2D eigenvalue weighted by atomic mass is 16.5. The van der Waals surface area contributed by atoms with Crippen molar-refractivity contribution in [1.82, 2.24) is 5.32 Å². The summed E-state index contributed by atoms with van der Waals surface area (Å²) in [5, 5.41) is 14.5. The van der Waals surface area contributed by atoms with Crippen LogP contribution in [-0.2, 0) is 9.53 Å². The van der Waals surface area contributed by atoms with E-state index in [0.717, 1.165) is 22.3 Å². The summed E-state index contributed by atoms with van der Waals surface area (Å²) >= 11 is 0. The maximum absolute atomic E-state index is 12.6. The quantitative estimate of drug-likeness (QED) is 0.411. The number of nitrogens with one attached hydrogen (secondary N) is 2. The van der Waals surface area contributed by atoms with Crippen LogP contribution in [0.15, 0.2) is 66.7 Å². The van der Waals surface area contributed by atoms with Crippen LogP contribution >= 0.6 is 0 Å². The number of aryl methyl sites for hydroxylation is 1. The maximum Gasteiger partial charge on any atom is 0.411 e. The molecule has 0 aliphatic heterocycles. The normalized spacial score (nSPS) is 12.9. The van der Waals surface area contributed by atoms with Gasteiger partial charge < -0.3 is 15.2 Å². The molecule has 0 heterocycles. The minimum absolute atomic E-state index is 0.0300. The van der Waals surface area contributed by atoms with E-state index in [1.807, 2.05) is 31.2 Å². The number of ether oxygens (including phenoxy) is 1. The average molecular weight is 473 g/mol. The van der Waals surface area contributed by atoms with Gasteiger partial charge in [-0.25, -0.2) is 4.79 Å². The Morgan fingerprint density at radius 3 is 2.17 bits per heavy atom. The van der Waals surface area contributed by atoms with E-state index in [4.69, 9.17) is 9.84 Å². The molecule has 0 spiro atoms. The minimum atomic E-state index is -0.962. The zero-order valence-electron chi connectivity index (χ0n) is 19.7. The summed E-state index contributed by atoms with van der Waals surface area (Å²) in [5.74, 6) is -1.34. The van der Waals surface area contributed by atoms with E-state index in [2.05, 4.69) is 34.9 Å². The Labute approximate surface area is 204 Å². The number of fused-ring (bicyclic) bond motifs is 3. The van der Waals surface area contributed by atoms with E-state index >= 15 is 0 Å². The van der Waals surface area contributed by atoms with Crippen LogP contribution in [0, 0.1) is 6.92 Å². The first-order valence-electron chi connectivity index (χ1n) is 11.6. The van der Waals surface area contributed by atoms with Gasteiger partial charge in [-0.05, 0) is 59.4 Å². The topological polar surface area (TPSA) is 105 Å². The van der Waals surface area contributed by atoms with E-state index in [1.54, 1.807) is 25.1 Å². The highest BCUT2D eigenvalue weighted by Crippen LogP contribution is 2.44. The van der Waals surface area contributed by atoms with Gasteiger partial charge in [0.25, 0.3) is 5.91 Å². The second-order valence-corrected chi connectivity index (χ2v) is 8.66. The molecule has 0 unspecified atom stereocenters. The third kappa shape index (κ3) is 5.35. The van der Waals surface area contributed by atoms with Gasteiger partial charge in [-0.2, -0.15) is 0 Å². The van der Waals surface area contributed by atoms with Crippen molar-refractivity contribution in [2.24, 2.45) is 0 Å². The fourth-order valence-corrected chi connectivity index (χ4v) is 4.47. The van der Waals surface area contributed by atoms with Crippen LogP contribution in [0.4, 0.5) is 10.5 Å². The molecule has 0 saturated heterocycles. The fourth-order valence-electron chi connectivity index (χ4n) is 4.47. The molecule has 1 aliphatic rings. The fraction of sp³-hybridized carbons (Fsp3) is 0.250. The average Bonchev–Trinajstić information content (AvgIpc) is 3.17. The van der Waals surface area contributed by atoms with Crippen LogP contribution in [0.1, 0.15) is 52.7 Å².